The van der Waals surface area contributed by atoms with Gasteiger partial charge < -0.3 is 5.11 Å². The summed E-state index contributed by atoms with van der Waals surface area (Å²) in [6, 6.07) is 13.0. The number of alkyl halides is 6. The number of hydrazine groups is 2. The lowest BCUT2D eigenvalue weighted by Crippen LogP contribution is -2.53. The Kier molecular flexibility index (Phi) is 10.6. The van der Waals surface area contributed by atoms with Crippen LogP contribution in [0.4, 0.5) is 38.0 Å². The zero-order chi connectivity index (χ0) is 44.8. The van der Waals surface area contributed by atoms with Gasteiger partial charge in [0.1, 0.15) is 11.4 Å². The van der Waals surface area contributed by atoms with Crippen molar-refractivity contribution in [2.75, 3.05) is 17.5 Å². The Bertz CT molecular complexity index is 2610. The van der Waals surface area contributed by atoms with Gasteiger partial charge in [-0.2, -0.15) is 36.4 Å². The highest BCUT2D eigenvalue weighted by Crippen LogP contribution is 2.65. The number of phenols is 1. The Morgan fingerprint density at radius 3 is 2.29 bits per heavy atom. The fourth-order valence-corrected chi connectivity index (χ4v) is 10.0. The fourth-order valence-electron chi connectivity index (χ4n) is 9.48. The molecule has 20 heteroatoms. The highest BCUT2D eigenvalue weighted by Gasteiger charge is 2.71. The lowest BCUT2D eigenvalue weighted by Gasteiger charge is -2.50. The summed E-state index contributed by atoms with van der Waals surface area (Å²) in [5.41, 5.74) is -0.721. The summed E-state index contributed by atoms with van der Waals surface area (Å²) in [6.07, 6.45) is -6.22. The van der Waals surface area contributed by atoms with Crippen molar-refractivity contribution in [2.24, 2.45) is 23.7 Å². The molecule has 4 aromatic rings. The SMILES string of the molecule is C=CCc1cccc(C2C3=CCC4C(=O)N(N(C)c5nc(C(F)(F)F)ccc5Cl)C(=O)C4C3CC3C(=O)N(Nc4ncc(C(F)(F)F)cc4Cl)C(=O)C32c2ccc(Cl)cc2)c1O. The number of allylic oxidation sites excluding steroid dienone is 3. The molecule has 3 fully saturated rings. The number of aromatic nitrogens is 2. The molecular formula is C42H31Cl3F6N6O5. The Balaban J connectivity index is 1.30. The van der Waals surface area contributed by atoms with Gasteiger partial charge in [0.05, 0.1) is 38.8 Å². The molecule has 2 aromatic carbocycles. The molecule has 11 nitrogen and oxygen atoms in total. The Labute approximate surface area is 363 Å². The molecule has 8 rings (SSSR count). The molecule has 0 spiro atoms. The molecule has 2 N–H and O–H groups in total. The van der Waals surface area contributed by atoms with Crippen molar-refractivity contribution in [3.63, 3.8) is 0 Å². The number of imide groups is 2. The van der Waals surface area contributed by atoms with Crippen molar-refractivity contribution in [2.45, 2.75) is 42.9 Å². The Morgan fingerprint density at radius 2 is 1.65 bits per heavy atom. The van der Waals surface area contributed by atoms with Crippen LogP contribution in [-0.4, -0.2) is 55.8 Å². The maximum atomic E-state index is 15.5. The summed E-state index contributed by atoms with van der Waals surface area (Å²) in [5, 5.41) is 13.6. The maximum Gasteiger partial charge on any atom is 0.433 e. The molecule has 62 heavy (non-hydrogen) atoms. The van der Waals surface area contributed by atoms with Crippen molar-refractivity contribution in [3.05, 3.63) is 134 Å². The van der Waals surface area contributed by atoms with Gasteiger partial charge in [-0.1, -0.05) is 82.9 Å². The van der Waals surface area contributed by atoms with Gasteiger partial charge in [-0.25, -0.2) is 9.97 Å². The number of nitrogens with one attached hydrogen (secondary N) is 1. The predicted octanol–water partition coefficient (Wildman–Crippen LogP) is 8.94. The molecule has 322 valence electrons. The van der Waals surface area contributed by atoms with Crippen LogP contribution >= 0.6 is 34.8 Å². The van der Waals surface area contributed by atoms with E-state index in [4.69, 9.17) is 34.8 Å². The van der Waals surface area contributed by atoms with Crippen LogP contribution in [0.2, 0.25) is 15.1 Å². The maximum absolute atomic E-state index is 15.5. The normalized spacial score (nSPS) is 24.7. The van der Waals surface area contributed by atoms with Gasteiger partial charge in [0.25, 0.3) is 23.6 Å². The molecule has 0 radical (unpaired) electrons. The number of benzene rings is 2. The molecule has 2 aliphatic carbocycles. The summed E-state index contributed by atoms with van der Waals surface area (Å²) in [4.78, 5) is 66.8. The third-order valence-corrected chi connectivity index (χ3v) is 12.9. The summed E-state index contributed by atoms with van der Waals surface area (Å²) in [5.74, 6) is -10.7. The number of aromatic hydroxyl groups is 1. The number of nitrogens with zero attached hydrogens (tertiary/aromatic N) is 5. The van der Waals surface area contributed by atoms with E-state index in [1.807, 2.05) is 0 Å². The molecule has 1 saturated carbocycles. The zero-order valence-corrected chi connectivity index (χ0v) is 34.2. The first-order chi connectivity index (χ1) is 29.2. The van der Waals surface area contributed by atoms with Crippen LogP contribution < -0.4 is 10.4 Å². The van der Waals surface area contributed by atoms with Gasteiger partial charge in [-0.3, -0.25) is 29.6 Å². The highest BCUT2D eigenvalue weighted by atomic mass is 35.5. The number of amides is 4. The average molecular weight is 920 g/mol. The third kappa shape index (κ3) is 6.66. The van der Waals surface area contributed by atoms with Crippen LogP contribution in [0.25, 0.3) is 0 Å². The summed E-state index contributed by atoms with van der Waals surface area (Å²) in [7, 11) is 1.16. The molecule has 2 aliphatic heterocycles. The first kappa shape index (κ1) is 43.0. The van der Waals surface area contributed by atoms with E-state index in [1.54, 1.807) is 30.4 Å². The van der Waals surface area contributed by atoms with Crippen LogP contribution in [-0.2, 0) is 43.4 Å². The number of para-hydroxylation sites is 1. The fraction of sp³-hybridized carbons (Fsp3) is 0.286. The van der Waals surface area contributed by atoms with Crippen LogP contribution in [0.5, 0.6) is 5.75 Å². The average Bonchev–Trinajstić information content (AvgIpc) is 3.59. The minimum Gasteiger partial charge on any atom is -0.507 e. The molecule has 6 unspecified atom stereocenters. The van der Waals surface area contributed by atoms with Gasteiger partial charge in [-0.15, -0.1) is 6.58 Å². The number of hydrogen-bond acceptors (Lipinski definition) is 9. The summed E-state index contributed by atoms with van der Waals surface area (Å²) >= 11 is 18.9. The minimum atomic E-state index is -4.89. The summed E-state index contributed by atoms with van der Waals surface area (Å²) in [6.45, 7) is 3.77. The Hall–Kier alpha value is -5.65. The summed E-state index contributed by atoms with van der Waals surface area (Å²) < 4.78 is 81.9. The minimum absolute atomic E-state index is 0.102. The molecule has 0 bridgehead atoms. The van der Waals surface area contributed by atoms with Crippen molar-refractivity contribution >= 4 is 70.1 Å². The van der Waals surface area contributed by atoms with E-state index >= 15 is 4.79 Å². The van der Waals surface area contributed by atoms with E-state index in [1.165, 1.54) is 24.3 Å². The van der Waals surface area contributed by atoms with E-state index in [0.717, 1.165) is 18.1 Å². The second kappa shape index (κ2) is 15.3. The zero-order valence-electron chi connectivity index (χ0n) is 31.9. The van der Waals surface area contributed by atoms with Gasteiger partial charge in [0, 0.05) is 29.7 Å². The number of anilines is 2. The molecular weight excluding hydrogens is 889 g/mol. The largest absolute Gasteiger partial charge is 0.507 e. The number of carbonyl (C=O) groups excluding carboxylic acids is 4. The number of carbonyl (C=O) groups is 4. The number of phenolic OH excluding ortho intramolecular Hbond substituents is 1. The van der Waals surface area contributed by atoms with Gasteiger partial charge in [0.15, 0.2) is 11.6 Å². The monoisotopic (exact) mass is 918 g/mol. The van der Waals surface area contributed by atoms with Crippen molar-refractivity contribution in [1.29, 1.82) is 0 Å². The lowest BCUT2D eigenvalue weighted by molar-refractivity contribution is -0.142. The van der Waals surface area contributed by atoms with E-state index < -0.39 is 98.9 Å². The second-order valence-corrected chi connectivity index (χ2v) is 16.5. The number of hydrogen-bond donors (Lipinski definition) is 2. The smallest absolute Gasteiger partial charge is 0.433 e. The third-order valence-electron chi connectivity index (χ3n) is 12.1. The van der Waals surface area contributed by atoms with Gasteiger partial charge in [0.2, 0.25) is 0 Å². The lowest BCUT2D eigenvalue weighted by atomic mass is 9.49. The van der Waals surface area contributed by atoms with Gasteiger partial charge >= 0.3 is 12.4 Å². The quantitative estimate of drug-likeness (QED) is 0.101. The van der Waals surface area contributed by atoms with E-state index in [9.17, 15) is 45.8 Å². The van der Waals surface area contributed by atoms with Crippen molar-refractivity contribution in [1.82, 2.24) is 20.0 Å². The van der Waals surface area contributed by atoms with Gasteiger partial charge in [-0.05, 0) is 66.6 Å². The van der Waals surface area contributed by atoms with Crippen molar-refractivity contribution in [3.8, 4) is 5.75 Å². The molecule has 6 atom stereocenters. The van der Waals surface area contributed by atoms with Crippen LogP contribution in [0.3, 0.4) is 0 Å². The van der Waals surface area contributed by atoms with Crippen molar-refractivity contribution < 1.29 is 50.6 Å². The van der Waals surface area contributed by atoms with Crippen LogP contribution in [0.1, 0.15) is 46.7 Å². The molecule has 2 saturated heterocycles. The molecule has 4 heterocycles. The molecule has 4 aliphatic rings. The van der Waals surface area contributed by atoms with Crippen LogP contribution in [0, 0.1) is 23.7 Å². The number of rotatable bonds is 8. The standard InChI is InChI=1S/C42H31Cl3F6N6O5/c1-3-5-19-6-4-7-25(33(19)58)32-23-12-13-24-31(38(61)57(36(24)59)55(2)35-28(44)14-15-30(53-35)42(49,50)51)26(23)17-27-37(60)56(39(62)40(27,32)20-8-10-22(43)11-9-20)54-34-29(45)16-21(18-52-34)41(46,47)48/h3-4,6-12,14-16,18,24,26-27,31-32,58H,1,5,13,17H2,2H3,(H,52,54). The Morgan fingerprint density at radius 1 is 0.935 bits per heavy atom. The highest BCUT2D eigenvalue weighted by molar-refractivity contribution is 6.33. The first-order valence-corrected chi connectivity index (χ1v) is 20.0. The van der Waals surface area contributed by atoms with E-state index in [-0.39, 0.29) is 46.2 Å². The van der Waals surface area contributed by atoms with Crippen LogP contribution in [0.15, 0.2) is 91.2 Å². The molecule has 4 amide bonds. The first-order valence-electron chi connectivity index (χ1n) is 18.8. The second-order valence-electron chi connectivity index (χ2n) is 15.3. The van der Waals surface area contributed by atoms with E-state index in [0.29, 0.717) is 39.5 Å². The number of halogens is 9. The van der Waals surface area contributed by atoms with E-state index in [2.05, 4.69) is 22.0 Å². The predicted molar refractivity (Wildman–Crippen MR) is 213 cm³/mol. The number of pyridine rings is 2. The number of fused-ring (bicyclic) bond motifs is 4. The topological polar surface area (TPSA) is 136 Å². The molecule has 2 aromatic heterocycles.